The van der Waals surface area contributed by atoms with Gasteiger partial charge in [0.1, 0.15) is 0 Å². The number of hydrogen-bond donors (Lipinski definition) is 0. The topological polar surface area (TPSA) is 43.9 Å². The first-order valence-electron chi connectivity index (χ1n) is 11.1. The first kappa shape index (κ1) is 20.6. The maximum absolute atomic E-state index is 13.1. The van der Waals surface area contributed by atoms with Gasteiger partial charge < -0.3 is 14.7 Å². The van der Waals surface area contributed by atoms with Crippen LogP contribution in [0.2, 0.25) is 0 Å². The van der Waals surface area contributed by atoms with Crippen LogP contribution < -0.4 is 4.90 Å². The van der Waals surface area contributed by atoms with Crippen molar-refractivity contribution in [3.63, 3.8) is 0 Å². The van der Waals surface area contributed by atoms with E-state index in [-0.39, 0.29) is 11.8 Å². The number of likely N-dealkylation sites (N-methyl/N-ethyl adjacent to an activating group) is 1. The highest BCUT2D eigenvalue weighted by Crippen LogP contribution is 2.23. The van der Waals surface area contributed by atoms with E-state index in [1.165, 1.54) is 5.56 Å². The van der Waals surface area contributed by atoms with Gasteiger partial charge in [-0.3, -0.25) is 9.59 Å². The molecule has 0 N–H and O–H groups in total. The van der Waals surface area contributed by atoms with E-state index >= 15 is 0 Å². The van der Waals surface area contributed by atoms with Gasteiger partial charge in [0.25, 0.3) is 5.91 Å². The zero-order valence-corrected chi connectivity index (χ0v) is 17.8. The summed E-state index contributed by atoms with van der Waals surface area (Å²) in [5.41, 5.74) is 2.95. The summed E-state index contributed by atoms with van der Waals surface area (Å²) in [6.45, 7) is 3.36. The van der Waals surface area contributed by atoms with Gasteiger partial charge in [-0.05, 0) is 62.6 Å². The zero-order valence-electron chi connectivity index (χ0n) is 17.8. The predicted molar refractivity (Wildman–Crippen MR) is 120 cm³/mol. The number of rotatable bonds is 6. The minimum absolute atomic E-state index is 0.0930. The normalized spacial score (nSPS) is 19.5. The smallest absolute Gasteiger partial charge is 0.253 e. The summed E-state index contributed by atoms with van der Waals surface area (Å²) < 4.78 is 0. The van der Waals surface area contributed by atoms with E-state index in [1.54, 1.807) is 0 Å². The molecule has 0 saturated carbocycles. The summed E-state index contributed by atoms with van der Waals surface area (Å²) in [7, 11) is 2.17. The number of carbonyl (C=O) groups excluding carboxylic acids is 2. The Balaban J connectivity index is 1.34. The van der Waals surface area contributed by atoms with Crippen molar-refractivity contribution in [2.24, 2.45) is 0 Å². The van der Waals surface area contributed by atoms with Gasteiger partial charge in [0, 0.05) is 49.9 Å². The van der Waals surface area contributed by atoms with E-state index in [0.29, 0.717) is 18.0 Å². The molecule has 2 aliphatic rings. The maximum atomic E-state index is 13.1. The van der Waals surface area contributed by atoms with Crippen LogP contribution in [0.25, 0.3) is 0 Å². The van der Waals surface area contributed by atoms with Gasteiger partial charge >= 0.3 is 0 Å². The Bertz CT molecular complexity index is 866. The number of amides is 2. The maximum Gasteiger partial charge on any atom is 0.253 e. The number of anilines is 1. The Morgan fingerprint density at radius 2 is 1.80 bits per heavy atom. The van der Waals surface area contributed by atoms with Crippen molar-refractivity contribution in [3.05, 3.63) is 65.7 Å². The Hall–Kier alpha value is -2.66. The fourth-order valence-electron chi connectivity index (χ4n) is 4.52. The van der Waals surface area contributed by atoms with Gasteiger partial charge in [-0.1, -0.05) is 30.3 Å². The lowest BCUT2D eigenvalue weighted by Gasteiger charge is -2.37. The molecule has 2 aliphatic heterocycles. The molecule has 2 amide bonds. The average molecular weight is 406 g/mol. The molecule has 5 heteroatoms. The second-order valence-corrected chi connectivity index (χ2v) is 8.46. The molecule has 0 aliphatic carbocycles. The van der Waals surface area contributed by atoms with Crippen LogP contribution in [-0.2, 0) is 11.2 Å². The van der Waals surface area contributed by atoms with Crippen molar-refractivity contribution < 1.29 is 9.59 Å². The number of likely N-dealkylation sites (tertiary alicyclic amines) is 1. The van der Waals surface area contributed by atoms with Crippen LogP contribution in [0.4, 0.5) is 5.69 Å². The van der Waals surface area contributed by atoms with Gasteiger partial charge in [-0.15, -0.1) is 0 Å². The van der Waals surface area contributed by atoms with E-state index in [9.17, 15) is 9.59 Å². The SMILES string of the molecule is CN(CCc1ccccc1)[C@H]1CCCN(C(=O)c2ccc(N3CCCC3=O)cc2)C1. The molecular weight excluding hydrogens is 374 g/mol. The Morgan fingerprint density at radius 3 is 2.50 bits per heavy atom. The van der Waals surface area contributed by atoms with Gasteiger partial charge in [0.05, 0.1) is 0 Å². The molecule has 2 aromatic rings. The molecule has 30 heavy (non-hydrogen) atoms. The second kappa shape index (κ2) is 9.43. The highest BCUT2D eigenvalue weighted by Gasteiger charge is 2.27. The molecule has 0 bridgehead atoms. The van der Waals surface area contributed by atoms with E-state index in [4.69, 9.17) is 0 Å². The van der Waals surface area contributed by atoms with Crippen LogP contribution in [0.1, 0.15) is 41.6 Å². The summed E-state index contributed by atoms with van der Waals surface area (Å²) >= 11 is 0. The molecule has 4 rings (SSSR count). The van der Waals surface area contributed by atoms with Crippen LogP contribution in [-0.4, -0.2) is 60.9 Å². The number of carbonyl (C=O) groups is 2. The van der Waals surface area contributed by atoms with Crippen LogP contribution >= 0.6 is 0 Å². The van der Waals surface area contributed by atoms with E-state index in [2.05, 4.69) is 36.2 Å². The first-order valence-corrected chi connectivity index (χ1v) is 11.1. The summed E-state index contributed by atoms with van der Waals surface area (Å²) in [5, 5.41) is 0. The Morgan fingerprint density at radius 1 is 1.03 bits per heavy atom. The number of piperidine rings is 1. The third-order valence-electron chi connectivity index (χ3n) is 6.40. The minimum atomic E-state index is 0.0930. The summed E-state index contributed by atoms with van der Waals surface area (Å²) in [6, 6.07) is 18.5. The fourth-order valence-corrected chi connectivity index (χ4v) is 4.52. The lowest BCUT2D eigenvalue weighted by Crippen LogP contribution is -2.49. The van der Waals surface area contributed by atoms with Crippen molar-refractivity contribution in [3.8, 4) is 0 Å². The van der Waals surface area contributed by atoms with E-state index < -0.39 is 0 Å². The first-order chi connectivity index (χ1) is 14.6. The Labute approximate surface area is 179 Å². The van der Waals surface area contributed by atoms with Crippen molar-refractivity contribution >= 4 is 17.5 Å². The lowest BCUT2D eigenvalue weighted by molar-refractivity contribution is -0.117. The average Bonchev–Trinajstić information content (AvgIpc) is 3.23. The zero-order chi connectivity index (χ0) is 20.9. The number of benzene rings is 2. The highest BCUT2D eigenvalue weighted by molar-refractivity contribution is 5.97. The third kappa shape index (κ3) is 4.73. The van der Waals surface area contributed by atoms with Gasteiger partial charge in [0.15, 0.2) is 0 Å². The Kier molecular flexibility index (Phi) is 6.48. The largest absolute Gasteiger partial charge is 0.337 e. The summed E-state index contributed by atoms with van der Waals surface area (Å²) in [5.74, 6) is 0.266. The molecule has 0 spiro atoms. The molecule has 2 saturated heterocycles. The monoisotopic (exact) mass is 405 g/mol. The molecule has 158 valence electrons. The lowest BCUT2D eigenvalue weighted by atomic mass is 10.0. The molecule has 2 aromatic carbocycles. The van der Waals surface area contributed by atoms with E-state index in [1.807, 2.05) is 40.1 Å². The van der Waals surface area contributed by atoms with Crippen LogP contribution in [0.15, 0.2) is 54.6 Å². The van der Waals surface area contributed by atoms with Crippen molar-refractivity contribution in [2.75, 3.05) is 38.1 Å². The van der Waals surface area contributed by atoms with Gasteiger partial charge in [-0.25, -0.2) is 0 Å². The minimum Gasteiger partial charge on any atom is -0.337 e. The van der Waals surface area contributed by atoms with Crippen LogP contribution in [0, 0.1) is 0 Å². The summed E-state index contributed by atoms with van der Waals surface area (Å²) in [4.78, 5) is 31.2. The summed E-state index contributed by atoms with van der Waals surface area (Å²) in [6.07, 6.45) is 4.72. The van der Waals surface area contributed by atoms with Crippen molar-refractivity contribution in [1.29, 1.82) is 0 Å². The molecule has 0 radical (unpaired) electrons. The second-order valence-electron chi connectivity index (χ2n) is 8.46. The van der Waals surface area contributed by atoms with E-state index in [0.717, 1.165) is 57.5 Å². The number of hydrogen-bond acceptors (Lipinski definition) is 3. The quantitative estimate of drug-likeness (QED) is 0.738. The molecule has 5 nitrogen and oxygen atoms in total. The fraction of sp³-hybridized carbons (Fsp3) is 0.440. The van der Waals surface area contributed by atoms with Gasteiger partial charge in [0.2, 0.25) is 5.91 Å². The molecule has 0 aromatic heterocycles. The van der Waals surface area contributed by atoms with Crippen LogP contribution in [0.3, 0.4) is 0 Å². The van der Waals surface area contributed by atoms with Crippen LogP contribution in [0.5, 0.6) is 0 Å². The predicted octanol–water partition coefficient (Wildman–Crippen LogP) is 3.59. The third-order valence-corrected chi connectivity index (χ3v) is 6.40. The van der Waals surface area contributed by atoms with Crippen molar-refractivity contribution in [1.82, 2.24) is 9.80 Å². The molecule has 2 heterocycles. The number of nitrogens with zero attached hydrogens (tertiary/aromatic N) is 3. The molecule has 0 unspecified atom stereocenters. The highest BCUT2D eigenvalue weighted by atomic mass is 16.2. The molecule has 1 atom stereocenters. The standard InChI is InChI=1S/C25H31N3O2/c1-26(18-15-20-7-3-2-4-8-20)23-9-5-16-27(19-23)25(30)21-11-13-22(14-12-21)28-17-6-10-24(28)29/h2-4,7-8,11-14,23H,5-6,9-10,15-19H2,1H3/t23-/m0/s1. The molecule has 2 fully saturated rings. The van der Waals surface area contributed by atoms with Gasteiger partial charge in [-0.2, -0.15) is 0 Å². The van der Waals surface area contributed by atoms with Crippen molar-refractivity contribution in [2.45, 2.75) is 38.1 Å². The molecular formula is C25H31N3O2.